The first-order valence-corrected chi connectivity index (χ1v) is 21.1. The van der Waals surface area contributed by atoms with Crippen molar-refractivity contribution < 1.29 is 28.6 Å². The summed E-state index contributed by atoms with van der Waals surface area (Å²) in [6.07, 6.45) is 51.8. The molecule has 300 valence electrons. The number of allylic oxidation sites excluding steroid dienone is 13. The monoisotopic (exact) mass is 737 g/mol. The van der Waals surface area contributed by atoms with Gasteiger partial charge in [0.25, 0.3) is 0 Å². The Morgan fingerprint density at radius 2 is 0.830 bits per heavy atom. The van der Waals surface area contributed by atoms with E-state index in [2.05, 4.69) is 93.7 Å². The normalized spacial score (nSPS) is 12.9. The van der Waals surface area contributed by atoms with Crippen LogP contribution in [0.2, 0.25) is 0 Å². The van der Waals surface area contributed by atoms with Gasteiger partial charge in [0.15, 0.2) is 6.10 Å². The number of carbonyl (C=O) groups is 3. The van der Waals surface area contributed by atoms with E-state index in [-0.39, 0.29) is 31.6 Å². The minimum absolute atomic E-state index is 0.114. The van der Waals surface area contributed by atoms with Crippen LogP contribution in [0.1, 0.15) is 175 Å². The predicted molar refractivity (Wildman–Crippen MR) is 224 cm³/mol. The van der Waals surface area contributed by atoms with E-state index in [4.69, 9.17) is 14.2 Å². The van der Waals surface area contributed by atoms with Gasteiger partial charge in [-0.15, -0.1) is 0 Å². The maximum absolute atomic E-state index is 12.6. The van der Waals surface area contributed by atoms with Gasteiger partial charge in [0.1, 0.15) is 13.2 Å². The third-order valence-corrected chi connectivity index (χ3v) is 8.42. The van der Waals surface area contributed by atoms with Crippen molar-refractivity contribution in [3.05, 3.63) is 85.1 Å². The average molecular weight is 737 g/mol. The third kappa shape index (κ3) is 39.6. The Bertz CT molecular complexity index is 1080. The van der Waals surface area contributed by atoms with E-state index in [1.807, 2.05) is 6.08 Å². The minimum Gasteiger partial charge on any atom is -0.462 e. The summed E-state index contributed by atoms with van der Waals surface area (Å²) in [5, 5.41) is 0. The quantitative estimate of drug-likeness (QED) is 0.0276. The smallest absolute Gasteiger partial charge is 0.309 e. The molecule has 0 N–H and O–H groups in total. The van der Waals surface area contributed by atoms with Crippen LogP contribution in [0, 0.1) is 0 Å². The van der Waals surface area contributed by atoms with Crippen LogP contribution in [0.4, 0.5) is 0 Å². The number of hydrogen-bond donors (Lipinski definition) is 0. The molecule has 0 saturated heterocycles. The highest BCUT2D eigenvalue weighted by Gasteiger charge is 2.19. The van der Waals surface area contributed by atoms with Crippen molar-refractivity contribution in [2.24, 2.45) is 0 Å². The van der Waals surface area contributed by atoms with E-state index in [1.165, 1.54) is 38.5 Å². The molecule has 0 saturated carbocycles. The third-order valence-electron chi connectivity index (χ3n) is 8.42. The number of esters is 3. The highest BCUT2D eigenvalue weighted by molar-refractivity contribution is 5.72. The Balaban J connectivity index is 4.48. The second-order valence-corrected chi connectivity index (χ2v) is 13.5. The first-order valence-electron chi connectivity index (χ1n) is 21.1. The molecule has 6 nitrogen and oxygen atoms in total. The Kier molecular flexibility index (Phi) is 38.7. The molecule has 0 radical (unpaired) electrons. The number of ether oxygens (including phenoxy) is 3. The van der Waals surface area contributed by atoms with Gasteiger partial charge in [0, 0.05) is 12.8 Å². The van der Waals surface area contributed by atoms with E-state index < -0.39 is 12.1 Å². The van der Waals surface area contributed by atoms with Crippen molar-refractivity contribution in [1.82, 2.24) is 0 Å². The number of unbranched alkanes of at least 4 members (excludes halogenated alkanes) is 12. The number of hydrogen-bond acceptors (Lipinski definition) is 6. The predicted octanol–water partition coefficient (Wildman–Crippen LogP) is 13.3. The van der Waals surface area contributed by atoms with Crippen molar-refractivity contribution >= 4 is 17.9 Å². The lowest BCUT2D eigenvalue weighted by atomic mass is 10.1. The first kappa shape index (κ1) is 49.6. The summed E-state index contributed by atoms with van der Waals surface area (Å²) in [6, 6.07) is 0. The molecule has 0 bridgehead atoms. The van der Waals surface area contributed by atoms with Crippen molar-refractivity contribution in [3.8, 4) is 0 Å². The number of carbonyl (C=O) groups excluding carboxylic acids is 3. The molecule has 0 aliphatic rings. The second-order valence-electron chi connectivity index (χ2n) is 13.5. The van der Waals surface area contributed by atoms with Gasteiger partial charge in [0.2, 0.25) is 0 Å². The molecule has 0 aromatic rings. The zero-order chi connectivity index (χ0) is 38.7. The molecule has 0 amide bonds. The second kappa shape index (κ2) is 41.3. The zero-order valence-electron chi connectivity index (χ0n) is 34.0. The molecule has 6 heteroatoms. The molecule has 0 heterocycles. The van der Waals surface area contributed by atoms with Gasteiger partial charge >= 0.3 is 17.9 Å². The standard InChI is InChI=1S/C47H76O6/c1-4-7-10-13-16-18-20-22-24-26-27-29-31-34-37-40-46(49)52-43-44(42-51-45(48)39-36-33-15-12-9-6-3)53-47(50)41-38-35-32-30-28-25-23-21-19-17-14-11-8-5-2/h7,10,14,16-18,21-24,27,29,34,37,44H,4-6,8-9,11-13,15,19-20,25-26,28,30-33,35-36,38-43H2,1-3H3/b10-7-,17-14-,18-16-,23-21-,24-22-,29-27-,37-34-. The van der Waals surface area contributed by atoms with Gasteiger partial charge < -0.3 is 14.2 Å². The fraction of sp³-hybridized carbons (Fsp3) is 0.638. The summed E-state index contributed by atoms with van der Waals surface area (Å²) in [5.74, 6) is -1.08. The maximum Gasteiger partial charge on any atom is 0.309 e. The van der Waals surface area contributed by atoms with E-state index in [0.29, 0.717) is 12.8 Å². The van der Waals surface area contributed by atoms with Crippen molar-refractivity contribution in [3.63, 3.8) is 0 Å². The molecule has 1 atom stereocenters. The molecule has 1 unspecified atom stereocenters. The minimum atomic E-state index is -0.818. The zero-order valence-corrected chi connectivity index (χ0v) is 34.0. The summed E-state index contributed by atoms with van der Waals surface area (Å²) in [4.78, 5) is 37.4. The number of rotatable bonds is 36. The fourth-order valence-electron chi connectivity index (χ4n) is 5.23. The molecule has 0 aliphatic carbocycles. The van der Waals surface area contributed by atoms with Gasteiger partial charge in [-0.3, -0.25) is 14.4 Å². The summed E-state index contributed by atoms with van der Waals surface area (Å²) in [6.45, 7) is 6.28. The van der Waals surface area contributed by atoms with Crippen LogP contribution >= 0.6 is 0 Å². The molecular formula is C47H76O6. The van der Waals surface area contributed by atoms with Gasteiger partial charge in [-0.25, -0.2) is 0 Å². The van der Waals surface area contributed by atoms with E-state index in [9.17, 15) is 14.4 Å². The molecule has 0 fully saturated rings. The molecule has 53 heavy (non-hydrogen) atoms. The lowest BCUT2D eigenvalue weighted by Gasteiger charge is -2.18. The molecule has 0 aromatic heterocycles. The highest BCUT2D eigenvalue weighted by Crippen LogP contribution is 2.11. The van der Waals surface area contributed by atoms with Crippen LogP contribution in [0.3, 0.4) is 0 Å². The first-order chi connectivity index (χ1) is 26.0. The van der Waals surface area contributed by atoms with Crippen molar-refractivity contribution in [2.75, 3.05) is 13.2 Å². The fourth-order valence-corrected chi connectivity index (χ4v) is 5.23. The van der Waals surface area contributed by atoms with Crippen molar-refractivity contribution in [2.45, 2.75) is 181 Å². The molecule has 0 rings (SSSR count). The van der Waals surface area contributed by atoms with E-state index >= 15 is 0 Å². The van der Waals surface area contributed by atoms with Crippen LogP contribution in [-0.2, 0) is 28.6 Å². The summed E-state index contributed by atoms with van der Waals surface area (Å²) in [7, 11) is 0. The Morgan fingerprint density at radius 3 is 1.38 bits per heavy atom. The van der Waals surface area contributed by atoms with Gasteiger partial charge in [-0.1, -0.05) is 170 Å². The Morgan fingerprint density at radius 1 is 0.415 bits per heavy atom. The lowest BCUT2D eigenvalue weighted by Crippen LogP contribution is -2.30. The Hall–Kier alpha value is -3.41. The average Bonchev–Trinajstić information content (AvgIpc) is 3.15. The van der Waals surface area contributed by atoms with Crippen LogP contribution in [0.25, 0.3) is 0 Å². The topological polar surface area (TPSA) is 78.9 Å². The van der Waals surface area contributed by atoms with E-state index in [0.717, 1.165) is 96.3 Å². The van der Waals surface area contributed by atoms with Crippen LogP contribution in [0.5, 0.6) is 0 Å². The Labute approximate surface area is 325 Å². The lowest BCUT2D eigenvalue weighted by molar-refractivity contribution is -0.166. The molecule has 0 aliphatic heterocycles. The molecule has 0 aromatic carbocycles. The van der Waals surface area contributed by atoms with E-state index in [1.54, 1.807) is 6.08 Å². The summed E-state index contributed by atoms with van der Waals surface area (Å²) >= 11 is 0. The van der Waals surface area contributed by atoms with Crippen LogP contribution in [0.15, 0.2) is 85.1 Å². The summed E-state index contributed by atoms with van der Waals surface area (Å²) < 4.78 is 16.5. The van der Waals surface area contributed by atoms with Crippen LogP contribution in [-0.4, -0.2) is 37.2 Å². The molecule has 0 spiro atoms. The van der Waals surface area contributed by atoms with Gasteiger partial charge in [-0.2, -0.15) is 0 Å². The largest absolute Gasteiger partial charge is 0.462 e. The van der Waals surface area contributed by atoms with Crippen molar-refractivity contribution in [1.29, 1.82) is 0 Å². The highest BCUT2D eigenvalue weighted by atomic mass is 16.6. The molecular weight excluding hydrogens is 661 g/mol. The van der Waals surface area contributed by atoms with Gasteiger partial charge in [-0.05, 0) is 70.6 Å². The summed E-state index contributed by atoms with van der Waals surface area (Å²) in [5.41, 5.74) is 0. The SMILES string of the molecule is CC/C=C\C/C=C\C/C=C\C/C=C\C/C=C\CC(=O)OCC(COC(=O)CCCCCCCC)OC(=O)CCCCCCC/C=C\C/C=C\CCCC. The maximum atomic E-state index is 12.6. The van der Waals surface area contributed by atoms with Crippen LogP contribution < -0.4 is 0 Å². The van der Waals surface area contributed by atoms with Gasteiger partial charge in [0.05, 0.1) is 6.42 Å².